The van der Waals surface area contributed by atoms with E-state index >= 15 is 8.78 Å². The fourth-order valence-electron chi connectivity index (χ4n) is 4.41. The zero-order valence-corrected chi connectivity index (χ0v) is 16.5. The molecule has 4 rings (SSSR count). The number of aliphatic imine (C=N–C) groups is 1. The lowest BCUT2D eigenvalue weighted by Crippen LogP contribution is -2.37. The van der Waals surface area contributed by atoms with Crippen molar-refractivity contribution in [3.63, 3.8) is 0 Å². The maximum Gasteiger partial charge on any atom is 0.159 e. The monoisotopic (exact) mass is 393 g/mol. The van der Waals surface area contributed by atoms with Crippen molar-refractivity contribution in [3.05, 3.63) is 65.7 Å². The topological polar surface area (TPSA) is 36.4 Å². The van der Waals surface area contributed by atoms with Gasteiger partial charge < -0.3 is 10.6 Å². The number of rotatable bonds is 6. The molecule has 0 bridgehead atoms. The average Bonchev–Trinajstić information content (AvgIpc) is 3.15. The van der Waals surface area contributed by atoms with Gasteiger partial charge in [-0.15, -0.1) is 0 Å². The third kappa shape index (κ3) is 3.80. The van der Waals surface area contributed by atoms with Gasteiger partial charge in [-0.3, -0.25) is 4.99 Å². The van der Waals surface area contributed by atoms with E-state index in [1.165, 1.54) is 6.07 Å². The Hall–Kier alpha value is -2.63. The van der Waals surface area contributed by atoms with Crippen LogP contribution in [0.1, 0.15) is 18.4 Å². The number of nitrogens with one attached hydrogen (secondary N) is 2. The summed E-state index contributed by atoms with van der Waals surface area (Å²) < 4.78 is 30.7. The molecule has 1 saturated heterocycles. The largest absolute Gasteiger partial charge is 0.318 e. The van der Waals surface area contributed by atoms with E-state index in [1.54, 1.807) is 6.07 Å². The third-order valence-corrected chi connectivity index (χ3v) is 5.74. The molecular weight excluding hydrogens is 368 g/mol. The number of nitrogens with zero attached hydrogens (tertiary/aromatic N) is 1. The summed E-state index contributed by atoms with van der Waals surface area (Å²) in [6.45, 7) is 4.44. The maximum absolute atomic E-state index is 15.5. The summed E-state index contributed by atoms with van der Waals surface area (Å²) >= 11 is 0. The molecular formula is C24H25F2N3. The highest BCUT2D eigenvalue weighted by molar-refractivity contribution is 5.97. The van der Waals surface area contributed by atoms with Gasteiger partial charge in [0.25, 0.3) is 0 Å². The SMILES string of the molecule is C=Nc1c(CC2CCC(CNC)N2)cc(F)c(-c2cccc3ccccc23)c1F. The van der Waals surface area contributed by atoms with Crippen LogP contribution in [-0.2, 0) is 6.42 Å². The summed E-state index contributed by atoms with van der Waals surface area (Å²) in [5, 5.41) is 8.44. The van der Waals surface area contributed by atoms with E-state index in [0.29, 0.717) is 23.6 Å². The fourth-order valence-corrected chi connectivity index (χ4v) is 4.41. The predicted octanol–water partition coefficient (Wildman–Crippen LogP) is 5.00. The van der Waals surface area contributed by atoms with Crippen molar-refractivity contribution < 1.29 is 8.78 Å². The molecule has 3 aromatic carbocycles. The van der Waals surface area contributed by atoms with Crippen molar-refractivity contribution in [2.75, 3.05) is 13.6 Å². The van der Waals surface area contributed by atoms with Crippen LogP contribution in [0.15, 0.2) is 53.5 Å². The summed E-state index contributed by atoms with van der Waals surface area (Å²) in [5.74, 6) is -1.21. The van der Waals surface area contributed by atoms with E-state index in [2.05, 4.69) is 22.3 Å². The van der Waals surface area contributed by atoms with Crippen LogP contribution in [0.4, 0.5) is 14.5 Å². The first-order valence-electron chi connectivity index (χ1n) is 9.98. The molecule has 0 amide bonds. The third-order valence-electron chi connectivity index (χ3n) is 5.74. The summed E-state index contributed by atoms with van der Waals surface area (Å²) in [7, 11) is 1.92. The van der Waals surface area contributed by atoms with E-state index in [0.717, 1.165) is 30.2 Å². The van der Waals surface area contributed by atoms with Gasteiger partial charge in [0.15, 0.2) is 5.82 Å². The molecule has 0 aromatic heterocycles. The summed E-state index contributed by atoms with van der Waals surface area (Å²) in [6.07, 6.45) is 2.54. The van der Waals surface area contributed by atoms with Gasteiger partial charge in [0.2, 0.25) is 0 Å². The molecule has 1 aliphatic rings. The van der Waals surface area contributed by atoms with Crippen LogP contribution in [0, 0.1) is 11.6 Å². The fraction of sp³-hybridized carbons (Fsp3) is 0.292. The Labute approximate surface area is 169 Å². The van der Waals surface area contributed by atoms with Crippen LogP contribution >= 0.6 is 0 Å². The summed E-state index contributed by atoms with van der Waals surface area (Å²) in [6, 6.07) is 15.1. The molecule has 0 saturated carbocycles. The lowest BCUT2D eigenvalue weighted by molar-refractivity contribution is 0.514. The second-order valence-corrected chi connectivity index (χ2v) is 7.64. The number of hydrogen-bond acceptors (Lipinski definition) is 3. The first-order chi connectivity index (χ1) is 14.1. The van der Waals surface area contributed by atoms with Gasteiger partial charge in [0.05, 0.1) is 5.56 Å². The van der Waals surface area contributed by atoms with Gasteiger partial charge in [0.1, 0.15) is 11.5 Å². The first kappa shape index (κ1) is 19.7. The van der Waals surface area contributed by atoms with Crippen molar-refractivity contribution in [1.29, 1.82) is 0 Å². The number of benzene rings is 3. The van der Waals surface area contributed by atoms with E-state index in [-0.39, 0.29) is 17.3 Å². The van der Waals surface area contributed by atoms with Crippen molar-refractivity contribution >= 4 is 23.2 Å². The van der Waals surface area contributed by atoms with Gasteiger partial charge >= 0.3 is 0 Å². The lowest BCUT2D eigenvalue weighted by atomic mass is 9.93. The molecule has 2 atom stereocenters. The Morgan fingerprint density at radius 1 is 1.10 bits per heavy atom. The van der Waals surface area contributed by atoms with E-state index in [9.17, 15) is 0 Å². The minimum Gasteiger partial charge on any atom is -0.318 e. The first-order valence-corrected chi connectivity index (χ1v) is 9.98. The second-order valence-electron chi connectivity index (χ2n) is 7.64. The second kappa shape index (κ2) is 8.39. The molecule has 2 N–H and O–H groups in total. The molecule has 1 fully saturated rings. The average molecular weight is 393 g/mol. The highest BCUT2D eigenvalue weighted by Gasteiger charge is 2.26. The quantitative estimate of drug-likeness (QED) is 0.578. The normalized spacial score (nSPS) is 19.0. The van der Waals surface area contributed by atoms with Crippen molar-refractivity contribution in [1.82, 2.24) is 10.6 Å². The lowest BCUT2D eigenvalue weighted by Gasteiger charge is -2.17. The zero-order valence-electron chi connectivity index (χ0n) is 16.5. The minimum atomic E-state index is -0.642. The molecule has 2 unspecified atom stereocenters. The van der Waals surface area contributed by atoms with Gasteiger partial charge in [-0.05, 0) is 61.0 Å². The molecule has 1 heterocycles. The summed E-state index contributed by atoms with van der Waals surface area (Å²) in [4.78, 5) is 3.94. The Morgan fingerprint density at radius 2 is 1.86 bits per heavy atom. The smallest absolute Gasteiger partial charge is 0.159 e. The van der Waals surface area contributed by atoms with Gasteiger partial charge in [-0.1, -0.05) is 42.5 Å². The number of halogens is 2. The van der Waals surface area contributed by atoms with Crippen LogP contribution in [0.25, 0.3) is 21.9 Å². The van der Waals surface area contributed by atoms with Crippen LogP contribution in [-0.4, -0.2) is 32.4 Å². The van der Waals surface area contributed by atoms with Crippen LogP contribution < -0.4 is 10.6 Å². The Kier molecular flexibility index (Phi) is 5.69. The molecule has 0 spiro atoms. The molecule has 150 valence electrons. The minimum absolute atomic E-state index is 0.0413. The van der Waals surface area contributed by atoms with Crippen LogP contribution in [0.5, 0.6) is 0 Å². The molecule has 3 aromatic rings. The molecule has 3 nitrogen and oxygen atoms in total. The number of hydrogen-bond donors (Lipinski definition) is 2. The molecule has 0 radical (unpaired) electrons. The highest BCUT2D eigenvalue weighted by atomic mass is 19.1. The van der Waals surface area contributed by atoms with Crippen molar-refractivity contribution in [2.24, 2.45) is 4.99 Å². The molecule has 0 aliphatic carbocycles. The van der Waals surface area contributed by atoms with E-state index in [1.807, 2.05) is 43.4 Å². The number of likely N-dealkylation sites (N-methyl/N-ethyl adjacent to an activating group) is 1. The molecule has 1 aliphatic heterocycles. The number of fused-ring (bicyclic) bond motifs is 1. The standard InChI is InChI=1S/C24H25F2N3/c1-27-14-18-11-10-17(29-18)12-16-13-21(25)22(23(26)24(16)28-2)20-9-5-7-15-6-3-4-8-19(15)20/h3-9,13,17-18,27,29H,2,10-12,14H2,1H3. The highest BCUT2D eigenvalue weighted by Crippen LogP contribution is 2.38. The van der Waals surface area contributed by atoms with Crippen LogP contribution in [0.3, 0.4) is 0 Å². The predicted molar refractivity (Wildman–Crippen MR) is 116 cm³/mol. The molecule has 29 heavy (non-hydrogen) atoms. The van der Waals surface area contributed by atoms with Crippen LogP contribution in [0.2, 0.25) is 0 Å². The van der Waals surface area contributed by atoms with E-state index < -0.39 is 11.6 Å². The van der Waals surface area contributed by atoms with Gasteiger partial charge in [-0.2, -0.15) is 0 Å². The van der Waals surface area contributed by atoms with Crippen molar-refractivity contribution in [3.8, 4) is 11.1 Å². The van der Waals surface area contributed by atoms with E-state index in [4.69, 9.17) is 0 Å². The van der Waals surface area contributed by atoms with Gasteiger partial charge in [-0.25, -0.2) is 8.78 Å². The Bertz CT molecular complexity index is 1040. The molecule has 5 heteroatoms. The Morgan fingerprint density at radius 3 is 2.66 bits per heavy atom. The zero-order chi connectivity index (χ0) is 20.4. The summed E-state index contributed by atoms with van der Waals surface area (Å²) in [5.41, 5.74) is 1.19. The maximum atomic E-state index is 15.5. The van der Waals surface area contributed by atoms with Crippen molar-refractivity contribution in [2.45, 2.75) is 31.3 Å². The Balaban J connectivity index is 1.74. The van der Waals surface area contributed by atoms with Gasteiger partial charge in [0, 0.05) is 18.6 Å².